The smallest absolute Gasteiger partial charge is 0.137 e. The average molecular weight is 426 g/mol. The molecule has 162 valence electrons. The van der Waals surface area contributed by atoms with Gasteiger partial charge in [0.2, 0.25) is 0 Å². The Labute approximate surface area is 188 Å². The second-order valence-electron chi connectivity index (χ2n) is 8.47. The second-order valence-corrected chi connectivity index (χ2v) is 8.47. The normalized spacial score (nSPS) is 15.6. The molecule has 0 atom stereocenters. The first kappa shape index (κ1) is 20.5. The van der Waals surface area contributed by atoms with E-state index in [4.69, 9.17) is 9.40 Å². The van der Waals surface area contributed by atoms with E-state index in [1.807, 2.05) is 36.4 Å². The molecular formula is C26H27N5O. The zero-order valence-electron chi connectivity index (χ0n) is 18.4. The van der Waals surface area contributed by atoms with Gasteiger partial charge in [-0.25, -0.2) is 4.98 Å². The van der Waals surface area contributed by atoms with E-state index in [-0.39, 0.29) is 0 Å². The summed E-state index contributed by atoms with van der Waals surface area (Å²) in [6.07, 6.45) is 5.93. The van der Waals surface area contributed by atoms with Crippen molar-refractivity contribution in [2.45, 2.75) is 12.8 Å². The van der Waals surface area contributed by atoms with Crippen molar-refractivity contribution in [2.24, 2.45) is 0 Å². The molecule has 4 heterocycles. The number of aromatic nitrogens is 2. The van der Waals surface area contributed by atoms with Crippen molar-refractivity contribution in [1.29, 1.82) is 5.26 Å². The predicted octanol–water partition coefficient (Wildman–Crippen LogP) is 4.31. The molecule has 6 nitrogen and oxygen atoms in total. The van der Waals surface area contributed by atoms with E-state index in [9.17, 15) is 5.26 Å². The summed E-state index contributed by atoms with van der Waals surface area (Å²) < 4.78 is 7.83. The second kappa shape index (κ2) is 8.99. The standard InChI is InChI=1S/C26H27N5O/c1-29-12-3-13-30(16-15-29)14-11-23-26(21-7-5-20(18-27)6-8-21)28-25-10-9-22(19-31(23)25)24-4-2-17-32-24/h2,4-10,17,19H,3,11-16H2,1H3. The van der Waals surface area contributed by atoms with Crippen molar-refractivity contribution in [2.75, 3.05) is 39.8 Å². The third-order valence-electron chi connectivity index (χ3n) is 6.29. The van der Waals surface area contributed by atoms with Crippen LogP contribution in [0.5, 0.6) is 0 Å². The number of nitrogens with zero attached hydrogens (tertiary/aromatic N) is 5. The van der Waals surface area contributed by atoms with E-state index in [1.165, 1.54) is 12.1 Å². The fourth-order valence-electron chi connectivity index (χ4n) is 4.44. The molecule has 0 amide bonds. The van der Waals surface area contributed by atoms with E-state index in [0.29, 0.717) is 5.56 Å². The van der Waals surface area contributed by atoms with Crippen molar-refractivity contribution in [3.63, 3.8) is 0 Å². The molecule has 3 aromatic heterocycles. The largest absolute Gasteiger partial charge is 0.464 e. The van der Waals surface area contributed by atoms with Gasteiger partial charge in [0.1, 0.15) is 11.4 Å². The van der Waals surface area contributed by atoms with Crippen LogP contribution in [0.1, 0.15) is 17.7 Å². The maximum atomic E-state index is 9.17. The quantitative estimate of drug-likeness (QED) is 0.477. The summed E-state index contributed by atoms with van der Waals surface area (Å²) in [6.45, 7) is 5.49. The number of likely N-dealkylation sites (N-methyl/N-ethyl adjacent to an activating group) is 1. The van der Waals surface area contributed by atoms with Gasteiger partial charge in [-0.15, -0.1) is 0 Å². The zero-order valence-corrected chi connectivity index (χ0v) is 18.4. The number of fused-ring (bicyclic) bond motifs is 1. The molecule has 0 bridgehead atoms. The third kappa shape index (κ3) is 4.18. The van der Waals surface area contributed by atoms with Crippen LogP contribution in [-0.2, 0) is 6.42 Å². The Morgan fingerprint density at radius 3 is 2.62 bits per heavy atom. The minimum atomic E-state index is 0.660. The van der Waals surface area contributed by atoms with Crippen LogP contribution in [0.3, 0.4) is 0 Å². The maximum Gasteiger partial charge on any atom is 0.137 e. The van der Waals surface area contributed by atoms with E-state index in [1.54, 1.807) is 6.26 Å². The molecule has 1 fully saturated rings. The highest BCUT2D eigenvalue weighted by Crippen LogP contribution is 2.28. The number of rotatable bonds is 5. The van der Waals surface area contributed by atoms with Crippen LogP contribution in [0.25, 0.3) is 28.2 Å². The topological polar surface area (TPSA) is 60.7 Å². The van der Waals surface area contributed by atoms with E-state index in [0.717, 1.165) is 67.4 Å². The number of hydrogen-bond donors (Lipinski definition) is 0. The van der Waals surface area contributed by atoms with Gasteiger partial charge in [0, 0.05) is 43.4 Å². The molecule has 0 spiro atoms. The summed E-state index contributed by atoms with van der Waals surface area (Å²) in [5, 5.41) is 9.17. The highest BCUT2D eigenvalue weighted by Gasteiger charge is 2.18. The highest BCUT2D eigenvalue weighted by molar-refractivity contribution is 5.69. The molecule has 1 saturated heterocycles. The lowest BCUT2D eigenvalue weighted by molar-refractivity contribution is 0.278. The molecular weight excluding hydrogens is 398 g/mol. The Balaban J connectivity index is 1.53. The molecule has 1 aliphatic rings. The maximum absolute atomic E-state index is 9.17. The Kier molecular flexibility index (Phi) is 5.76. The van der Waals surface area contributed by atoms with Gasteiger partial charge >= 0.3 is 0 Å². The number of pyridine rings is 1. The fourth-order valence-corrected chi connectivity index (χ4v) is 4.44. The third-order valence-corrected chi connectivity index (χ3v) is 6.29. The molecule has 0 aliphatic carbocycles. The summed E-state index contributed by atoms with van der Waals surface area (Å²) in [7, 11) is 2.20. The van der Waals surface area contributed by atoms with Gasteiger partial charge in [-0.2, -0.15) is 5.26 Å². The van der Waals surface area contributed by atoms with Crippen molar-refractivity contribution in [1.82, 2.24) is 19.2 Å². The molecule has 0 radical (unpaired) electrons. The van der Waals surface area contributed by atoms with Crippen LogP contribution >= 0.6 is 0 Å². The van der Waals surface area contributed by atoms with Crippen LogP contribution in [0, 0.1) is 11.3 Å². The minimum Gasteiger partial charge on any atom is -0.464 e. The Bertz CT molecular complexity index is 1230. The monoisotopic (exact) mass is 425 g/mol. The van der Waals surface area contributed by atoms with E-state index >= 15 is 0 Å². The predicted molar refractivity (Wildman–Crippen MR) is 125 cm³/mol. The summed E-state index contributed by atoms with van der Waals surface area (Å²) >= 11 is 0. The molecule has 4 aromatic rings. The molecule has 0 saturated carbocycles. The zero-order chi connectivity index (χ0) is 21.9. The number of imidazole rings is 1. The lowest BCUT2D eigenvalue weighted by Gasteiger charge is -2.20. The van der Waals surface area contributed by atoms with Crippen LogP contribution < -0.4 is 0 Å². The lowest BCUT2D eigenvalue weighted by atomic mass is 10.1. The van der Waals surface area contributed by atoms with E-state index in [2.05, 4.69) is 45.6 Å². The average Bonchev–Trinajstić information content (AvgIpc) is 3.43. The Hall–Kier alpha value is -3.40. The van der Waals surface area contributed by atoms with Crippen LogP contribution in [0.2, 0.25) is 0 Å². The summed E-state index contributed by atoms with van der Waals surface area (Å²) in [4.78, 5) is 9.94. The number of nitriles is 1. The SMILES string of the molecule is CN1CCCN(CCc2c(-c3ccc(C#N)cc3)nc3ccc(-c4ccco4)cn23)CC1. The van der Waals surface area contributed by atoms with Crippen molar-refractivity contribution >= 4 is 5.65 Å². The number of hydrogen-bond acceptors (Lipinski definition) is 5. The van der Waals surface area contributed by atoms with Crippen molar-refractivity contribution in [3.05, 3.63) is 72.2 Å². The lowest BCUT2D eigenvalue weighted by Crippen LogP contribution is -2.30. The molecule has 5 rings (SSSR count). The van der Waals surface area contributed by atoms with Crippen LogP contribution in [0.4, 0.5) is 0 Å². The Morgan fingerprint density at radius 2 is 1.84 bits per heavy atom. The van der Waals surface area contributed by atoms with Crippen molar-refractivity contribution in [3.8, 4) is 28.7 Å². The highest BCUT2D eigenvalue weighted by atomic mass is 16.3. The van der Waals surface area contributed by atoms with Gasteiger partial charge in [0.15, 0.2) is 0 Å². The van der Waals surface area contributed by atoms with Gasteiger partial charge in [-0.3, -0.25) is 0 Å². The molecule has 0 N–H and O–H groups in total. The Morgan fingerprint density at radius 1 is 1.00 bits per heavy atom. The fraction of sp³-hybridized carbons (Fsp3) is 0.308. The molecule has 0 unspecified atom stereocenters. The van der Waals surface area contributed by atoms with Gasteiger partial charge in [-0.1, -0.05) is 12.1 Å². The van der Waals surface area contributed by atoms with Crippen LogP contribution in [-0.4, -0.2) is 59.0 Å². The van der Waals surface area contributed by atoms with E-state index < -0.39 is 0 Å². The number of furan rings is 1. The molecule has 1 aliphatic heterocycles. The minimum absolute atomic E-state index is 0.660. The summed E-state index contributed by atoms with van der Waals surface area (Å²) in [6, 6.07) is 17.9. The number of benzene rings is 1. The first-order valence-electron chi connectivity index (χ1n) is 11.2. The molecule has 32 heavy (non-hydrogen) atoms. The first-order chi connectivity index (χ1) is 15.7. The van der Waals surface area contributed by atoms with Gasteiger partial charge in [0.05, 0.1) is 29.3 Å². The summed E-state index contributed by atoms with van der Waals surface area (Å²) in [5.41, 5.74) is 5.83. The first-order valence-corrected chi connectivity index (χ1v) is 11.2. The summed E-state index contributed by atoms with van der Waals surface area (Å²) in [5.74, 6) is 0.849. The van der Waals surface area contributed by atoms with Crippen molar-refractivity contribution < 1.29 is 4.42 Å². The van der Waals surface area contributed by atoms with Gasteiger partial charge in [0.25, 0.3) is 0 Å². The van der Waals surface area contributed by atoms with Crippen LogP contribution in [0.15, 0.2) is 65.4 Å². The van der Waals surface area contributed by atoms with Gasteiger partial charge in [-0.05, 0) is 63.0 Å². The van der Waals surface area contributed by atoms with Gasteiger partial charge < -0.3 is 18.6 Å². The molecule has 6 heteroatoms. The molecule has 1 aromatic carbocycles.